The molecule has 0 unspecified atom stereocenters. The molecule has 0 aliphatic carbocycles. The Hall–Kier alpha value is -1.85. The third-order valence-corrected chi connectivity index (χ3v) is 2.93. The maximum Gasteiger partial charge on any atom is 0.265 e. The van der Waals surface area contributed by atoms with Gasteiger partial charge in [0.05, 0.1) is 28.4 Å². The largest absolute Gasteiger partial charge is 0.434 e. The van der Waals surface area contributed by atoms with Crippen LogP contribution in [-0.2, 0) is 4.79 Å². The smallest absolute Gasteiger partial charge is 0.265 e. The zero-order valence-corrected chi connectivity index (χ0v) is 11.0. The number of oxazole rings is 1. The van der Waals surface area contributed by atoms with Crippen LogP contribution in [0.1, 0.15) is 10.7 Å². The van der Waals surface area contributed by atoms with Gasteiger partial charge in [0.15, 0.2) is 5.76 Å². The fourth-order valence-corrected chi connectivity index (χ4v) is 2.05. The van der Waals surface area contributed by atoms with Gasteiger partial charge in [-0.05, 0) is 12.1 Å². The second-order valence-corrected chi connectivity index (χ2v) is 4.36. The van der Waals surface area contributed by atoms with Gasteiger partial charge in [0, 0.05) is 0 Å². The SMILES string of the molecule is O=CNCC(=O)c1ncc(-c2c(Cl)cccc2Cl)o1. The third kappa shape index (κ3) is 2.94. The monoisotopic (exact) mass is 298 g/mol. The lowest BCUT2D eigenvalue weighted by Gasteiger charge is -2.02. The Morgan fingerprint density at radius 1 is 1.37 bits per heavy atom. The number of Topliss-reactive ketones (excluding diaryl/α,β-unsaturated/α-hetero) is 1. The Morgan fingerprint density at radius 3 is 2.68 bits per heavy atom. The molecule has 1 amide bonds. The van der Waals surface area contributed by atoms with Crippen molar-refractivity contribution in [3.63, 3.8) is 0 Å². The van der Waals surface area contributed by atoms with Gasteiger partial charge in [0.1, 0.15) is 0 Å². The van der Waals surface area contributed by atoms with Crippen molar-refractivity contribution in [2.24, 2.45) is 0 Å². The minimum absolute atomic E-state index is 0.111. The summed E-state index contributed by atoms with van der Waals surface area (Å²) < 4.78 is 5.30. The number of nitrogens with zero attached hydrogens (tertiary/aromatic N) is 1. The van der Waals surface area contributed by atoms with Gasteiger partial charge in [-0.1, -0.05) is 29.3 Å². The number of amides is 1. The quantitative estimate of drug-likeness (QED) is 0.680. The zero-order valence-electron chi connectivity index (χ0n) is 9.52. The van der Waals surface area contributed by atoms with Crippen molar-refractivity contribution >= 4 is 35.4 Å². The van der Waals surface area contributed by atoms with Crippen LogP contribution in [0.3, 0.4) is 0 Å². The van der Waals surface area contributed by atoms with Gasteiger partial charge in [0.2, 0.25) is 12.2 Å². The number of hydrogen-bond acceptors (Lipinski definition) is 4. The molecule has 0 aliphatic rings. The fraction of sp³-hybridized carbons (Fsp3) is 0.0833. The average Bonchev–Trinajstić information content (AvgIpc) is 2.85. The number of ketones is 1. The minimum atomic E-state index is -0.443. The Balaban J connectivity index is 2.31. The van der Waals surface area contributed by atoms with E-state index >= 15 is 0 Å². The number of carbonyl (C=O) groups excluding carboxylic acids is 2. The van der Waals surface area contributed by atoms with Crippen LogP contribution in [0.15, 0.2) is 28.8 Å². The summed E-state index contributed by atoms with van der Waals surface area (Å²) in [6, 6.07) is 5.01. The standard InChI is InChI=1S/C12H8Cl2N2O3/c13-7-2-1-3-8(14)11(7)10-5-16-12(19-10)9(18)4-15-6-17/h1-3,5-6H,4H2,(H,15,17). The number of benzene rings is 1. The normalized spacial score (nSPS) is 10.2. The number of halogens is 2. The molecule has 1 N–H and O–H groups in total. The van der Waals surface area contributed by atoms with Crippen LogP contribution in [0, 0.1) is 0 Å². The number of carbonyl (C=O) groups is 2. The van der Waals surface area contributed by atoms with Crippen LogP contribution < -0.4 is 5.32 Å². The first-order valence-corrected chi connectivity index (χ1v) is 5.99. The number of rotatable bonds is 5. The molecular formula is C12H8Cl2N2O3. The molecule has 19 heavy (non-hydrogen) atoms. The highest BCUT2D eigenvalue weighted by atomic mass is 35.5. The third-order valence-electron chi connectivity index (χ3n) is 2.30. The molecule has 0 radical (unpaired) electrons. The lowest BCUT2D eigenvalue weighted by Crippen LogP contribution is -2.21. The number of nitrogens with one attached hydrogen (secondary N) is 1. The van der Waals surface area contributed by atoms with Crippen LogP contribution in [-0.4, -0.2) is 23.7 Å². The molecule has 0 saturated heterocycles. The van der Waals surface area contributed by atoms with Crippen LogP contribution in [0.2, 0.25) is 10.0 Å². The van der Waals surface area contributed by atoms with E-state index in [1.807, 2.05) is 0 Å². The topological polar surface area (TPSA) is 72.2 Å². The van der Waals surface area contributed by atoms with Gasteiger partial charge < -0.3 is 9.73 Å². The van der Waals surface area contributed by atoms with Crippen molar-refractivity contribution in [1.29, 1.82) is 0 Å². The van der Waals surface area contributed by atoms with Crippen molar-refractivity contribution in [3.8, 4) is 11.3 Å². The molecule has 2 rings (SSSR count). The first-order chi connectivity index (χ1) is 9.13. The molecule has 0 bridgehead atoms. The summed E-state index contributed by atoms with van der Waals surface area (Å²) in [4.78, 5) is 25.5. The molecular weight excluding hydrogens is 291 g/mol. The van der Waals surface area contributed by atoms with E-state index in [1.54, 1.807) is 18.2 Å². The van der Waals surface area contributed by atoms with E-state index in [4.69, 9.17) is 27.6 Å². The Kier molecular flexibility index (Phi) is 4.19. The Labute approximate surface area is 118 Å². The lowest BCUT2D eigenvalue weighted by atomic mass is 10.2. The molecule has 1 heterocycles. The summed E-state index contributed by atoms with van der Waals surface area (Å²) in [6.07, 6.45) is 1.79. The summed E-state index contributed by atoms with van der Waals surface area (Å²) in [5.74, 6) is -0.257. The number of aromatic nitrogens is 1. The molecule has 0 atom stereocenters. The molecule has 1 aromatic heterocycles. The van der Waals surface area contributed by atoms with Crippen molar-refractivity contribution in [3.05, 3.63) is 40.3 Å². The highest BCUT2D eigenvalue weighted by Gasteiger charge is 2.17. The van der Waals surface area contributed by atoms with E-state index in [2.05, 4.69) is 10.3 Å². The predicted molar refractivity (Wildman–Crippen MR) is 70.4 cm³/mol. The zero-order chi connectivity index (χ0) is 13.8. The summed E-state index contributed by atoms with van der Waals surface area (Å²) >= 11 is 12.0. The summed E-state index contributed by atoms with van der Waals surface area (Å²) in [5, 5.41) is 3.03. The van der Waals surface area contributed by atoms with Gasteiger partial charge in [-0.2, -0.15) is 0 Å². The van der Waals surface area contributed by atoms with Crippen LogP contribution in [0.5, 0.6) is 0 Å². The predicted octanol–water partition coefficient (Wildman–Crippen LogP) is 2.58. The summed E-state index contributed by atoms with van der Waals surface area (Å²) in [7, 11) is 0. The molecule has 1 aromatic carbocycles. The van der Waals surface area contributed by atoms with Crippen molar-refractivity contribution < 1.29 is 14.0 Å². The van der Waals surface area contributed by atoms with E-state index < -0.39 is 5.78 Å². The van der Waals surface area contributed by atoms with Crippen molar-refractivity contribution in [2.45, 2.75) is 0 Å². The van der Waals surface area contributed by atoms with Crippen LogP contribution >= 0.6 is 23.2 Å². The fourth-order valence-electron chi connectivity index (χ4n) is 1.46. The van der Waals surface area contributed by atoms with Crippen LogP contribution in [0.4, 0.5) is 0 Å². The van der Waals surface area contributed by atoms with E-state index in [0.717, 1.165) is 0 Å². The molecule has 2 aromatic rings. The molecule has 0 fully saturated rings. The number of hydrogen-bond donors (Lipinski definition) is 1. The maximum absolute atomic E-state index is 11.6. The average molecular weight is 299 g/mol. The molecule has 5 nitrogen and oxygen atoms in total. The van der Waals surface area contributed by atoms with Crippen LogP contribution in [0.25, 0.3) is 11.3 Å². The second-order valence-electron chi connectivity index (χ2n) is 3.55. The van der Waals surface area contributed by atoms with Gasteiger partial charge in [-0.25, -0.2) is 4.98 Å². The van der Waals surface area contributed by atoms with E-state index in [-0.39, 0.29) is 12.4 Å². The molecule has 0 saturated carbocycles. The lowest BCUT2D eigenvalue weighted by molar-refractivity contribution is -0.109. The second kappa shape index (κ2) is 5.86. The summed E-state index contributed by atoms with van der Waals surface area (Å²) in [6.45, 7) is -0.181. The van der Waals surface area contributed by atoms with Gasteiger partial charge in [-0.15, -0.1) is 0 Å². The maximum atomic E-state index is 11.6. The van der Waals surface area contributed by atoms with Gasteiger partial charge >= 0.3 is 0 Å². The highest BCUT2D eigenvalue weighted by Crippen LogP contribution is 2.34. The molecule has 0 aliphatic heterocycles. The van der Waals surface area contributed by atoms with Crippen molar-refractivity contribution in [1.82, 2.24) is 10.3 Å². The first kappa shape index (κ1) is 13.6. The van der Waals surface area contributed by atoms with Gasteiger partial charge in [-0.3, -0.25) is 9.59 Å². The Bertz CT molecular complexity index is 605. The Morgan fingerprint density at radius 2 is 2.05 bits per heavy atom. The van der Waals surface area contributed by atoms with Gasteiger partial charge in [0.25, 0.3) is 5.89 Å². The minimum Gasteiger partial charge on any atom is -0.434 e. The van der Waals surface area contributed by atoms with Crippen molar-refractivity contribution in [2.75, 3.05) is 6.54 Å². The molecule has 0 spiro atoms. The first-order valence-electron chi connectivity index (χ1n) is 5.24. The summed E-state index contributed by atoms with van der Waals surface area (Å²) in [5.41, 5.74) is 0.473. The van der Waals surface area contributed by atoms with E-state index in [1.165, 1.54) is 6.20 Å². The molecule has 98 valence electrons. The highest BCUT2D eigenvalue weighted by molar-refractivity contribution is 6.39. The van der Waals surface area contributed by atoms with E-state index in [9.17, 15) is 9.59 Å². The van der Waals surface area contributed by atoms with E-state index in [0.29, 0.717) is 27.8 Å². The molecule has 7 heteroatoms.